The molecule has 0 aromatic heterocycles. The Kier molecular flexibility index (Phi) is 2.71. The zero-order chi connectivity index (χ0) is 9.14. The number of aliphatic hydroxyl groups is 1. The maximum absolute atomic E-state index is 9.07. The van der Waals surface area contributed by atoms with E-state index in [9.17, 15) is 0 Å². The van der Waals surface area contributed by atoms with E-state index in [-0.39, 0.29) is 6.61 Å². The van der Waals surface area contributed by atoms with Crippen molar-refractivity contribution in [3.63, 3.8) is 0 Å². The van der Waals surface area contributed by atoms with Gasteiger partial charge in [-0.25, -0.2) is 0 Å². The average Bonchev–Trinajstić information content (AvgIpc) is 2.08. The van der Waals surface area contributed by atoms with Gasteiger partial charge in [0.05, 0.1) is 13.7 Å². The van der Waals surface area contributed by atoms with Gasteiger partial charge in [0.1, 0.15) is 5.75 Å². The van der Waals surface area contributed by atoms with E-state index in [0.717, 1.165) is 22.4 Å². The van der Waals surface area contributed by atoms with Gasteiger partial charge < -0.3 is 9.84 Å². The van der Waals surface area contributed by atoms with Crippen molar-refractivity contribution in [2.24, 2.45) is 0 Å². The van der Waals surface area contributed by atoms with Gasteiger partial charge in [-0.05, 0) is 25.0 Å². The zero-order valence-corrected chi connectivity index (χ0v) is 7.72. The van der Waals surface area contributed by atoms with Crippen LogP contribution in [0.1, 0.15) is 16.7 Å². The van der Waals surface area contributed by atoms with Crippen LogP contribution in [0.5, 0.6) is 5.75 Å². The molecule has 0 amide bonds. The summed E-state index contributed by atoms with van der Waals surface area (Å²) in [5, 5.41) is 9.07. The van der Waals surface area contributed by atoms with E-state index >= 15 is 0 Å². The molecule has 1 N–H and O–H groups in total. The van der Waals surface area contributed by atoms with Gasteiger partial charge >= 0.3 is 0 Å². The summed E-state index contributed by atoms with van der Waals surface area (Å²) < 4.78 is 5.19. The molecule has 0 saturated carbocycles. The standard InChI is InChI=1S/C10H14O2/c1-7-4-5-8(2)10(12-3)9(7)6-11/h4-5,11H,6H2,1-3H3. The third-order valence-electron chi connectivity index (χ3n) is 2.05. The molecule has 0 unspecified atom stereocenters. The highest BCUT2D eigenvalue weighted by Gasteiger charge is 2.07. The molecule has 12 heavy (non-hydrogen) atoms. The summed E-state index contributed by atoms with van der Waals surface area (Å²) in [4.78, 5) is 0. The summed E-state index contributed by atoms with van der Waals surface area (Å²) in [5.41, 5.74) is 3.02. The number of methoxy groups -OCH3 is 1. The minimum Gasteiger partial charge on any atom is -0.496 e. The van der Waals surface area contributed by atoms with E-state index in [4.69, 9.17) is 9.84 Å². The predicted octanol–water partition coefficient (Wildman–Crippen LogP) is 1.80. The van der Waals surface area contributed by atoms with Gasteiger partial charge in [-0.1, -0.05) is 12.1 Å². The molecule has 2 heteroatoms. The van der Waals surface area contributed by atoms with Gasteiger partial charge in [-0.3, -0.25) is 0 Å². The molecule has 0 aliphatic heterocycles. The van der Waals surface area contributed by atoms with E-state index in [2.05, 4.69) is 0 Å². The Labute approximate surface area is 72.8 Å². The van der Waals surface area contributed by atoms with Crippen molar-refractivity contribution in [1.82, 2.24) is 0 Å². The van der Waals surface area contributed by atoms with Gasteiger partial charge in [0.15, 0.2) is 0 Å². The zero-order valence-electron chi connectivity index (χ0n) is 7.72. The summed E-state index contributed by atoms with van der Waals surface area (Å²) in [6, 6.07) is 3.98. The van der Waals surface area contributed by atoms with Crippen LogP contribution in [0.2, 0.25) is 0 Å². The third kappa shape index (κ3) is 1.43. The van der Waals surface area contributed by atoms with E-state index < -0.39 is 0 Å². The molecule has 0 saturated heterocycles. The normalized spacial score (nSPS) is 10.0. The van der Waals surface area contributed by atoms with Crippen molar-refractivity contribution in [2.75, 3.05) is 7.11 Å². The number of hydrogen-bond acceptors (Lipinski definition) is 2. The van der Waals surface area contributed by atoms with Crippen LogP contribution in [0.15, 0.2) is 12.1 Å². The predicted molar refractivity (Wildman–Crippen MR) is 48.4 cm³/mol. The molecule has 1 aromatic rings. The molecular formula is C10H14O2. The van der Waals surface area contributed by atoms with E-state index in [1.165, 1.54) is 0 Å². The van der Waals surface area contributed by atoms with E-state index in [0.29, 0.717) is 0 Å². The topological polar surface area (TPSA) is 29.5 Å². The molecule has 0 aliphatic rings. The van der Waals surface area contributed by atoms with Crippen LogP contribution in [0.3, 0.4) is 0 Å². The highest BCUT2D eigenvalue weighted by Crippen LogP contribution is 2.25. The molecule has 0 fully saturated rings. The second-order valence-electron chi connectivity index (χ2n) is 2.87. The largest absolute Gasteiger partial charge is 0.496 e. The minimum absolute atomic E-state index is 0.0384. The van der Waals surface area contributed by atoms with Crippen molar-refractivity contribution in [2.45, 2.75) is 20.5 Å². The second-order valence-corrected chi connectivity index (χ2v) is 2.87. The highest BCUT2D eigenvalue weighted by molar-refractivity contribution is 5.44. The van der Waals surface area contributed by atoms with Crippen LogP contribution in [0, 0.1) is 13.8 Å². The Bertz CT molecular complexity index is 250. The summed E-state index contributed by atoms with van der Waals surface area (Å²) in [6.07, 6.45) is 0. The Morgan fingerprint density at radius 3 is 2.25 bits per heavy atom. The molecule has 1 aromatic carbocycles. The fraction of sp³-hybridized carbons (Fsp3) is 0.400. The number of rotatable bonds is 2. The van der Waals surface area contributed by atoms with Crippen LogP contribution in [-0.2, 0) is 6.61 Å². The monoisotopic (exact) mass is 166 g/mol. The second kappa shape index (κ2) is 3.59. The lowest BCUT2D eigenvalue weighted by atomic mass is 10.0. The van der Waals surface area contributed by atoms with Crippen molar-refractivity contribution in [3.05, 3.63) is 28.8 Å². The van der Waals surface area contributed by atoms with Gasteiger partial charge in [0, 0.05) is 5.56 Å². The van der Waals surface area contributed by atoms with Gasteiger partial charge in [-0.2, -0.15) is 0 Å². The molecule has 1 rings (SSSR count). The maximum atomic E-state index is 9.07. The maximum Gasteiger partial charge on any atom is 0.127 e. The molecular weight excluding hydrogens is 152 g/mol. The van der Waals surface area contributed by atoms with Crippen LogP contribution in [-0.4, -0.2) is 12.2 Å². The fourth-order valence-electron chi connectivity index (χ4n) is 1.32. The smallest absolute Gasteiger partial charge is 0.127 e. The Morgan fingerprint density at radius 2 is 1.83 bits per heavy atom. The fourth-order valence-corrected chi connectivity index (χ4v) is 1.32. The first-order chi connectivity index (χ1) is 5.70. The number of benzene rings is 1. The highest BCUT2D eigenvalue weighted by atomic mass is 16.5. The van der Waals surface area contributed by atoms with E-state index in [1.807, 2.05) is 26.0 Å². The Hall–Kier alpha value is -1.02. The summed E-state index contributed by atoms with van der Waals surface area (Å²) in [6.45, 7) is 3.97. The molecule has 0 radical (unpaired) electrons. The first-order valence-corrected chi connectivity index (χ1v) is 3.94. The quantitative estimate of drug-likeness (QED) is 0.726. The SMILES string of the molecule is COc1c(C)ccc(C)c1CO. The number of hydrogen-bond donors (Lipinski definition) is 1. The Balaban J connectivity index is 3.28. The first kappa shape index (κ1) is 9.07. The molecule has 0 atom stereocenters. The molecule has 2 nitrogen and oxygen atoms in total. The van der Waals surface area contributed by atoms with Crippen LogP contribution >= 0.6 is 0 Å². The number of ether oxygens (including phenoxy) is 1. The lowest BCUT2D eigenvalue weighted by molar-refractivity contribution is 0.272. The third-order valence-corrected chi connectivity index (χ3v) is 2.05. The van der Waals surface area contributed by atoms with Crippen LogP contribution < -0.4 is 4.74 Å². The number of aliphatic hydroxyl groups excluding tert-OH is 1. The minimum atomic E-state index is 0.0384. The number of aryl methyl sites for hydroxylation is 2. The summed E-state index contributed by atoms with van der Waals surface area (Å²) in [5.74, 6) is 0.803. The molecule has 0 spiro atoms. The Morgan fingerprint density at radius 1 is 1.25 bits per heavy atom. The average molecular weight is 166 g/mol. The van der Waals surface area contributed by atoms with Crippen molar-refractivity contribution >= 4 is 0 Å². The molecule has 66 valence electrons. The first-order valence-electron chi connectivity index (χ1n) is 3.94. The molecule has 0 heterocycles. The van der Waals surface area contributed by atoms with Gasteiger partial charge in [0.25, 0.3) is 0 Å². The lowest BCUT2D eigenvalue weighted by Crippen LogP contribution is -1.97. The summed E-state index contributed by atoms with van der Waals surface area (Å²) >= 11 is 0. The van der Waals surface area contributed by atoms with Crippen LogP contribution in [0.25, 0.3) is 0 Å². The van der Waals surface area contributed by atoms with Crippen molar-refractivity contribution < 1.29 is 9.84 Å². The summed E-state index contributed by atoms with van der Waals surface area (Å²) in [7, 11) is 1.63. The van der Waals surface area contributed by atoms with Crippen LogP contribution in [0.4, 0.5) is 0 Å². The molecule has 0 aliphatic carbocycles. The lowest BCUT2D eigenvalue weighted by Gasteiger charge is -2.11. The van der Waals surface area contributed by atoms with Gasteiger partial charge in [0.2, 0.25) is 0 Å². The molecule has 0 bridgehead atoms. The van der Waals surface area contributed by atoms with Crippen molar-refractivity contribution in [1.29, 1.82) is 0 Å². The van der Waals surface area contributed by atoms with E-state index in [1.54, 1.807) is 7.11 Å². The van der Waals surface area contributed by atoms with Gasteiger partial charge in [-0.15, -0.1) is 0 Å². The van der Waals surface area contributed by atoms with Crippen molar-refractivity contribution in [3.8, 4) is 5.75 Å².